The van der Waals surface area contributed by atoms with Crippen molar-refractivity contribution < 1.29 is 23.8 Å². The van der Waals surface area contributed by atoms with Crippen LogP contribution in [0.3, 0.4) is 0 Å². The minimum Gasteiger partial charge on any atom is -0.493 e. The maximum Gasteiger partial charge on any atom is 0.338 e. The zero-order chi connectivity index (χ0) is 21.3. The Bertz CT molecular complexity index is 893. The smallest absolute Gasteiger partial charge is 0.338 e. The van der Waals surface area contributed by atoms with E-state index in [9.17, 15) is 9.59 Å². The van der Waals surface area contributed by atoms with Gasteiger partial charge in [0, 0.05) is 0 Å². The molecule has 1 amide bonds. The average Bonchev–Trinajstić information content (AvgIpc) is 2.97. The third kappa shape index (κ3) is 3.99. The summed E-state index contributed by atoms with van der Waals surface area (Å²) in [7, 11) is 3.11. The Balaban J connectivity index is 2.11. The second-order valence-electron chi connectivity index (χ2n) is 7.37. The summed E-state index contributed by atoms with van der Waals surface area (Å²) in [5.74, 6) is 0.743. The second kappa shape index (κ2) is 8.49. The lowest BCUT2D eigenvalue weighted by molar-refractivity contribution is -0.141. The molecule has 0 saturated carbocycles. The molecule has 3 rings (SSSR count). The van der Waals surface area contributed by atoms with E-state index < -0.39 is 12.0 Å². The van der Waals surface area contributed by atoms with Crippen LogP contribution < -0.4 is 9.47 Å². The molecular weight excluding hydrogens is 392 g/mol. The molecule has 8 heteroatoms. The van der Waals surface area contributed by atoms with Crippen molar-refractivity contribution in [1.29, 1.82) is 0 Å². The number of hydrogen-bond donors (Lipinski definition) is 0. The average molecular weight is 419 g/mol. The lowest BCUT2D eigenvalue weighted by Gasteiger charge is -2.33. The first-order chi connectivity index (χ1) is 13.8. The van der Waals surface area contributed by atoms with E-state index in [1.54, 1.807) is 38.2 Å². The van der Waals surface area contributed by atoms with Crippen molar-refractivity contribution in [1.82, 2.24) is 4.90 Å². The number of benzene rings is 1. The Morgan fingerprint density at radius 3 is 2.55 bits per heavy atom. The zero-order valence-electron chi connectivity index (χ0n) is 17.5. The van der Waals surface area contributed by atoms with Gasteiger partial charge < -0.3 is 14.2 Å². The summed E-state index contributed by atoms with van der Waals surface area (Å²) < 4.78 is 16.3. The standard InChI is InChI=1S/C21H26N2O5S/c1-11(2)10-28-20(25)17-12(3)22-21-23(19(24)13(4)29-21)18(17)14-7-8-15(26-5)16(9-14)27-6/h7-9,11,13,18H,10H2,1-6H3. The molecule has 0 radical (unpaired) electrons. The van der Waals surface area contributed by atoms with Gasteiger partial charge in [-0.3, -0.25) is 9.69 Å². The van der Waals surface area contributed by atoms with Crippen molar-refractivity contribution in [3.63, 3.8) is 0 Å². The van der Waals surface area contributed by atoms with E-state index in [-0.39, 0.29) is 17.1 Å². The van der Waals surface area contributed by atoms with Crippen LogP contribution in [0.15, 0.2) is 34.5 Å². The fourth-order valence-electron chi connectivity index (χ4n) is 3.32. The number of ether oxygens (including phenoxy) is 3. The van der Waals surface area contributed by atoms with Crippen molar-refractivity contribution in [2.24, 2.45) is 10.9 Å². The van der Waals surface area contributed by atoms with Crippen molar-refractivity contribution in [3.8, 4) is 11.5 Å². The first-order valence-electron chi connectivity index (χ1n) is 9.46. The first-order valence-corrected chi connectivity index (χ1v) is 10.3. The molecule has 1 saturated heterocycles. The molecule has 1 aromatic rings. The number of carbonyl (C=O) groups is 2. The van der Waals surface area contributed by atoms with Gasteiger partial charge in [0.15, 0.2) is 16.7 Å². The predicted molar refractivity (Wildman–Crippen MR) is 112 cm³/mol. The van der Waals surface area contributed by atoms with Crippen LogP contribution in [-0.4, -0.2) is 48.0 Å². The van der Waals surface area contributed by atoms with E-state index in [2.05, 4.69) is 4.99 Å². The van der Waals surface area contributed by atoms with Gasteiger partial charge >= 0.3 is 5.97 Å². The number of aliphatic imine (C=N–C) groups is 1. The quantitative estimate of drug-likeness (QED) is 0.658. The zero-order valence-corrected chi connectivity index (χ0v) is 18.3. The van der Waals surface area contributed by atoms with E-state index in [1.807, 2.05) is 26.8 Å². The molecule has 29 heavy (non-hydrogen) atoms. The number of amidine groups is 1. The van der Waals surface area contributed by atoms with Crippen molar-refractivity contribution in [3.05, 3.63) is 35.0 Å². The molecule has 2 aliphatic heterocycles. The summed E-state index contributed by atoms with van der Waals surface area (Å²) in [5.41, 5.74) is 1.65. The number of fused-ring (bicyclic) bond motifs is 1. The normalized spacial score (nSPS) is 21.3. The topological polar surface area (TPSA) is 77.4 Å². The molecule has 156 valence electrons. The largest absolute Gasteiger partial charge is 0.493 e. The molecule has 0 N–H and O–H groups in total. The van der Waals surface area contributed by atoms with Crippen LogP contribution in [-0.2, 0) is 14.3 Å². The number of hydrogen-bond acceptors (Lipinski definition) is 7. The van der Waals surface area contributed by atoms with Gasteiger partial charge in [0.2, 0.25) is 5.91 Å². The maximum atomic E-state index is 13.0. The van der Waals surface area contributed by atoms with Crippen LogP contribution in [0.1, 0.15) is 39.3 Å². The first kappa shape index (κ1) is 21.2. The van der Waals surface area contributed by atoms with Crippen molar-refractivity contribution >= 4 is 28.8 Å². The summed E-state index contributed by atoms with van der Waals surface area (Å²) in [4.78, 5) is 32.1. The third-order valence-electron chi connectivity index (χ3n) is 4.75. The lowest BCUT2D eigenvalue weighted by Crippen LogP contribution is -2.40. The number of allylic oxidation sites excluding steroid dienone is 1. The van der Waals surface area contributed by atoms with Gasteiger partial charge in [-0.2, -0.15) is 0 Å². The van der Waals surface area contributed by atoms with Gasteiger partial charge in [-0.05, 0) is 37.5 Å². The second-order valence-corrected chi connectivity index (χ2v) is 8.68. The van der Waals surface area contributed by atoms with Crippen LogP contribution in [0.5, 0.6) is 11.5 Å². The molecular formula is C21H26N2O5S. The number of amides is 1. The van der Waals surface area contributed by atoms with Gasteiger partial charge in [0.25, 0.3) is 0 Å². The third-order valence-corrected chi connectivity index (χ3v) is 5.80. The fraction of sp³-hybridized carbons (Fsp3) is 0.476. The number of esters is 1. The van der Waals surface area contributed by atoms with Crippen LogP contribution >= 0.6 is 11.8 Å². The number of carbonyl (C=O) groups excluding carboxylic acids is 2. The molecule has 2 atom stereocenters. The van der Waals surface area contributed by atoms with Gasteiger partial charge in [0.1, 0.15) is 0 Å². The van der Waals surface area contributed by atoms with E-state index >= 15 is 0 Å². The number of thioether (sulfide) groups is 1. The van der Waals surface area contributed by atoms with Gasteiger partial charge in [-0.15, -0.1) is 0 Å². The molecule has 0 aliphatic carbocycles. The summed E-state index contributed by atoms with van der Waals surface area (Å²) in [6.45, 7) is 7.85. The number of methoxy groups -OCH3 is 2. The van der Waals surface area contributed by atoms with E-state index in [0.29, 0.717) is 34.5 Å². The summed E-state index contributed by atoms with van der Waals surface area (Å²) in [5, 5.41) is 0.329. The van der Waals surface area contributed by atoms with Crippen LogP contribution in [0.4, 0.5) is 0 Å². The summed E-state index contributed by atoms with van der Waals surface area (Å²) in [6, 6.07) is 4.75. The Morgan fingerprint density at radius 1 is 1.24 bits per heavy atom. The monoisotopic (exact) mass is 418 g/mol. The van der Waals surface area contributed by atoms with Crippen molar-refractivity contribution in [2.75, 3.05) is 20.8 Å². The molecule has 0 aromatic heterocycles. The molecule has 1 aromatic carbocycles. The highest BCUT2D eigenvalue weighted by Crippen LogP contribution is 2.44. The van der Waals surface area contributed by atoms with Crippen molar-refractivity contribution in [2.45, 2.75) is 39.0 Å². The molecule has 1 fully saturated rings. The Labute approximate surface area is 175 Å². The Morgan fingerprint density at radius 2 is 1.93 bits per heavy atom. The molecule has 0 bridgehead atoms. The van der Waals surface area contributed by atoms with Crippen LogP contribution in [0.2, 0.25) is 0 Å². The minimum atomic E-state index is -0.632. The Hall–Kier alpha value is -2.48. The predicted octanol–water partition coefficient (Wildman–Crippen LogP) is 3.55. The van der Waals surface area contributed by atoms with Gasteiger partial charge in [-0.25, -0.2) is 9.79 Å². The van der Waals surface area contributed by atoms with E-state index in [4.69, 9.17) is 14.2 Å². The van der Waals surface area contributed by atoms with Gasteiger partial charge in [-0.1, -0.05) is 31.7 Å². The number of rotatable bonds is 6. The van der Waals surface area contributed by atoms with Gasteiger partial charge in [0.05, 0.1) is 43.4 Å². The molecule has 2 unspecified atom stereocenters. The number of nitrogens with zero attached hydrogens (tertiary/aromatic N) is 2. The summed E-state index contributed by atoms with van der Waals surface area (Å²) >= 11 is 1.39. The van der Waals surface area contributed by atoms with E-state index in [1.165, 1.54) is 11.8 Å². The highest BCUT2D eigenvalue weighted by Gasteiger charge is 2.46. The fourth-order valence-corrected chi connectivity index (χ4v) is 4.35. The minimum absolute atomic E-state index is 0.0878. The Kier molecular flexibility index (Phi) is 6.21. The molecule has 2 heterocycles. The lowest BCUT2D eigenvalue weighted by atomic mass is 9.94. The molecule has 2 aliphatic rings. The maximum absolute atomic E-state index is 13.0. The SMILES string of the molecule is COc1ccc(C2C(C(=O)OCC(C)C)=C(C)N=C3SC(C)C(=O)N32)cc1OC. The highest BCUT2D eigenvalue weighted by molar-refractivity contribution is 8.15. The van der Waals surface area contributed by atoms with Crippen LogP contribution in [0.25, 0.3) is 0 Å². The molecule has 0 spiro atoms. The van der Waals surface area contributed by atoms with E-state index in [0.717, 1.165) is 5.56 Å². The summed E-state index contributed by atoms with van der Waals surface area (Å²) in [6.07, 6.45) is 0. The highest BCUT2D eigenvalue weighted by atomic mass is 32.2. The molecule has 7 nitrogen and oxygen atoms in total. The van der Waals surface area contributed by atoms with Crippen LogP contribution in [0, 0.1) is 5.92 Å².